The van der Waals surface area contributed by atoms with E-state index < -0.39 is 10.5 Å². The molecule has 0 unspecified atom stereocenters. The van der Waals surface area contributed by atoms with E-state index in [0.29, 0.717) is 0 Å². The Bertz CT molecular complexity index is 305. The van der Waals surface area contributed by atoms with Crippen molar-refractivity contribution in [3.63, 3.8) is 0 Å². The van der Waals surface area contributed by atoms with Crippen LogP contribution in [0.4, 0.5) is 0 Å². The van der Waals surface area contributed by atoms with Crippen LogP contribution in [0.1, 0.15) is 16.7 Å². The van der Waals surface area contributed by atoms with E-state index in [0.717, 1.165) is 15.5 Å². The molecule has 0 bridgehead atoms. The predicted octanol–water partition coefficient (Wildman–Crippen LogP) is 3.47. The van der Waals surface area contributed by atoms with Gasteiger partial charge in [-0.1, -0.05) is 0 Å². The van der Waals surface area contributed by atoms with Gasteiger partial charge in [-0.3, -0.25) is 0 Å². The van der Waals surface area contributed by atoms with Crippen LogP contribution in [0.3, 0.4) is 0 Å². The van der Waals surface area contributed by atoms with Crippen LogP contribution < -0.4 is 4.40 Å². The van der Waals surface area contributed by atoms with Gasteiger partial charge in [0.1, 0.15) is 0 Å². The van der Waals surface area contributed by atoms with Crippen molar-refractivity contribution in [1.82, 2.24) is 0 Å². The van der Waals surface area contributed by atoms with E-state index in [2.05, 4.69) is 19.1 Å². The second kappa shape index (κ2) is 4.02. The number of hydrogen-bond acceptors (Lipinski definition) is 0. The van der Waals surface area contributed by atoms with Crippen molar-refractivity contribution >= 4 is 44.9 Å². The molecule has 0 heterocycles. The van der Waals surface area contributed by atoms with Crippen LogP contribution in [0.15, 0.2) is 12.1 Å². The molecule has 4 heteroatoms. The number of aryl methyl sites for hydroxylation is 3. The Morgan fingerprint density at radius 2 is 1.31 bits per heavy atom. The fourth-order valence-electron chi connectivity index (χ4n) is 1.63. The van der Waals surface area contributed by atoms with Crippen LogP contribution in [0, 0.1) is 20.8 Å². The zero-order valence-electron chi connectivity index (χ0n) is 7.79. The Morgan fingerprint density at radius 1 is 0.923 bits per heavy atom. The molecule has 13 heavy (non-hydrogen) atoms. The first-order valence-electron chi connectivity index (χ1n) is 3.97. The van der Waals surface area contributed by atoms with Crippen LogP contribution >= 0.6 is 30.0 Å². The van der Waals surface area contributed by atoms with Crippen molar-refractivity contribution < 1.29 is 0 Å². The standard InChI is InChI=1S/C9H11Cl3Ge/c1-6-4-7(2)9(8(3)5-6)13(10,11)12/h4-5H,1-3H3. The van der Waals surface area contributed by atoms with Crippen molar-refractivity contribution in [3.05, 3.63) is 28.8 Å². The molecule has 0 aliphatic rings. The molecule has 0 N–H and O–H groups in total. The molecule has 0 aliphatic heterocycles. The van der Waals surface area contributed by atoms with Gasteiger partial charge in [0.2, 0.25) is 0 Å². The molecular formula is C9H11Cl3Ge. The summed E-state index contributed by atoms with van der Waals surface area (Å²) in [7, 11) is 14.9. The van der Waals surface area contributed by atoms with E-state index in [1.165, 1.54) is 5.56 Å². The second-order valence-electron chi connectivity index (χ2n) is 3.27. The topological polar surface area (TPSA) is 0 Å². The van der Waals surface area contributed by atoms with Gasteiger partial charge in [0.05, 0.1) is 0 Å². The van der Waals surface area contributed by atoms with Gasteiger partial charge in [0.25, 0.3) is 0 Å². The third-order valence-corrected chi connectivity index (χ3v) is 7.75. The summed E-state index contributed by atoms with van der Waals surface area (Å²) in [5.74, 6) is 0. The van der Waals surface area contributed by atoms with Crippen LogP contribution in [0.5, 0.6) is 0 Å². The van der Waals surface area contributed by atoms with Crippen molar-refractivity contribution in [1.29, 1.82) is 0 Å². The summed E-state index contributed by atoms with van der Waals surface area (Å²) in [4.78, 5) is 0. The monoisotopic (exact) mass is 298 g/mol. The molecule has 1 aromatic carbocycles. The van der Waals surface area contributed by atoms with Gasteiger partial charge in [-0.05, 0) is 0 Å². The second-order valence-corrected chi connectivity index (χ2v) is 18.3. The average Bonchev–Trinajstić information content (AvgIpc) is 1.78. The molecule has 0 fully saturated rings. The molecule has 0 saturated carbocycles. The summed E-state index contributed by atoms with van der Waals surface area (Å²) in [5.41, 5.74) is 3.44. The molecule has 0 atom stereocenters. The number of rotatable bonds is 1. The van der Waals surface area contributed by atoms with E-state index in [1.807, 2.05) is 13.8 Å². The van der Waals surface area contributed by atoms with E-state index >= 15 is 0 Å². The maximum absolute atomic E-state index is 6.04. The summed E-state index contributed by atoms with van der Waals surface area (Å²) in [6, 6.07) is 4.13. The Morgan fingerprint density at radius 3 is 1.62 bits per heavy atom. The van der Waals surface area contributed by atoms with Gasteiger partial charge >= 0.3 is 94.5 Å². The molecule has 1 aromatic rings. The molecule has 1 rings (SSSR count). The summed E-state index contributed by atoms with van der Waals surface area (Å²) in [5, 5.41) is 0. The van der Waals surface area contributed by atoms with Gasteiger partial charge in [-0.15, -0.1) is 0 Å². The number of halogens is 3. The molecule has 72 valence electrons. The van der Waals surface area contributed by atoms with Gasteiger partial charge in [-0.25, -0.2) is 0 Å². The van der Waals surface area contributed by atoms with Crippen LogP contribution in [-0.4, -0.2) is 10.5 Å². The van der Waals surface area contributed by atoms with E-state index in [4.69, 9.17) is 30.0 Å². The molecule has 0 nitrogen and oxygen atoms in total. The van der Waals surface area contributed by atoms with Crippen LogP contribution in [0.2, 0.25) is 0 Å². The third-order valence-electron chi connectivity index (χ3n) is 1.96. The SMILES string of the molecule is Cc1cc(C)[c]([Ge]([Cl])([Cl])[Cl])c(C)c1. The van der Waals surface area contributed by atoms with Gasteiger partial charge in [0.15, 0.2) is 0 Å². The fraction of sp³-hybridized carbons (Fsp3) is 0.333. The first-order chi connectivity index (χ1) is 5.82. The molecule has 0 amide bonds. The predicted molar refractivity (Wildman–Crippen MR) is 63.6 cm³/mol. The van der Waals surface area contributed by atoms with Gasteiger partial charge in [-0.2, -0.15) is 0 Å². The fourth-order valence-corrected chi connectivity index (χ4v) is 8.45. The van der Waals surface area contributed by atoms with Crippen molar-refractivity contribution in [2.45, 2.75) is 20.8 Å². The first kappa shape index (κ1) is 11.7. The zero-order valence-corrected chi connectivity index (χ0v) is 12.2. The normalized spacial score (nSPS) is 11.8. The molecule has 0 aliphatic carbocycles. The maximum atomic E-state index is 6.04. The first-order valence-corrected chi connectivity index (χ1v) is 13.3. The average molecular weight is 298 g/mol. The quantitative estimate of drug-likeness (QED) is 0.696. The summed E-state index contributed by atoms with van der Waals surface area (Å²) < 4.78 is 0.982. The van der Waals surface area contributed by atoms with Crippen molar-refractivity contribution in [3.8, 4) is 0 Å². The minimum absolute atomic E-state index is 0.982. The number of hydrogen-bond donors (Lipinski definition) is 0. The van der Waals surface area contributed by atoms with E-state index in [-0.39, 0.29) is 0 Å². The Labute approximate surface area is 94.1 Å². The summed E-state index contributed by atoms with van der Waals surface area (Å²) in [6.07, 6.45) is 0. The third kappa shape index (κ3) is 2.79. The van der Waals surface area contributed by atoms with Crippen molar-refractivity contribution in [2.75, 3.05) is 0 Å². The molecule has 0 aromatic heterocycles. The van der Waals surface area contributed by atoms with Crippen LogP contribution in [0.25, 0.3) is 0 Å². The minimum atomic E-state index is -3.22. The Kier molecular flexibility index (Phi) is 3.62. The van der Waals surface area contributed by atoms with E-state index in [1.54, 1.807) is 0 Å². The Hall–Kier alpha value is 0.633. The van der Waals surface area contributed by atoms with Crippen molar-refractivity contribution in [2.24, 2.45) is 0 Å². The molecule has 0 radical (unpaired) electrons. The number of benzene rings is 1. The molecule has 0 spiro atoms. The summed E-state index contributed by atoms with van der Waals surface area (Å²) >= 11 is 0. The van der Waals surface area contributed by atoms with Gasteiger partial charge in [0, 0.05) is 0 Å². The zero-order chi connectivity index (χ0) is 10.2. The van der Waals surface area contributed by atoms with Crippen LogP contribution in [-0.2, 0) is 0 Å². The Balaban J connectivity index is 3.38. The molecular weight excluding hydrogens is 287 g/mol. The van der Waals surface area contributed by atoms with E-state index in [9.17, 15) is 0 Å². The van der Waals surface area contributed by atoms with Gasteiger partial charge < -0.3 is 0 Å². The molecule has 0 saturated heterocycles. The summed E-state index contributed by atoms with van der Waals surface area (Å²) in [6.45, 7) is 6.06.